The van der Waals surface area contributed by atoms with Gasteiger partial charge in [-0.2, -0.15) is 0 Å². The van der Waals surface area contributed by atoms with Gasteiger partial charge in [-0.3, -0.25) is 0 Å². The second-order valence-corrected chi connectivity index (χ2v) is 10.5. The molecule has 0 radical (unpaired) electrons. The molecule has 0 aliphatic heterocycles. The molecule has 1 aromatic heterocycles. The van der Waals surface area contributed by atoms with Crippen LogP contribution in [0.2, 0.25) is 0 Å². The molecular formula is C38H23N. The number of hydrogen-bond acceptors (Lipinski definition) is 0. The van der Waals surface area contributed by atoms with Crippen molar-refractivity contribution in [3.63, 3.8) is 0 Å². The summed E-state index contributed by atoms with van der Waals surface area (Å²) in [5.41, 5.74) is 12.9. The van der Waals surface area contributed by atoms with E-state index in [-0.39, 0.29) is 0 Å². The van der Waals surface area contributed by atoms with Gasteiger partial charge < -0.3 is 4.98 Å². The third kappa shape index (κ3) is 2.74. The average Bonchev–Trinajstić information content (AvgIpc) is 3.54. The summed E-state index contributed by atoms with van der Waals surface area (Å²) in [4.78, 5) is 3.76. The quantitative estimate of drug-likeness (QED) is 0.246. The van der Waals surface area contributed by atoms with Crippen molar-refractivity contribution in [2.75, 3.05) is 0 Å². The summed E-state index contributed by atoms with van der Waals surface area (Å²) in [5, 5.41) is 7.77. The maximum atomic E-state index is 3.76. The van der Waals surface area contributed by atoms with Crippen LogP contribution in [-0.4, -0.2) is 4.98 Å². The van der Waals surface area contributed by atoms with Gasteiger partial charge in [-0.1, -0.05) is 121 Å². The molecule has 0 unspecified atom stereocenters. The van der Waals surface area contributed by atoms with E-state index in [0.29, 0.717) is 0 Å². The number of aromatic nitrogens is 1. The third-order valence-electron chi connectivity index (χ3n) is 8.52. The molecule has 0 bridgehead atoms. The fourth-order valence-corrected chi connectivity index (χ4v) is 6.99. The van der Waals surface area contributed by atoms with Crippen molar-refractivity contribution < 1.29 is 0 Å². The molecule has 180 valence electrons. The number of hydrogen-bond donors (Lipinski definition) is 1. The van der Waals surface area contributed by atoms with Crippen LogP contribution in [0, 0.1) is 0 Å². The minimum Gasteiger partial charge on any atom is -0.354 e. The maximum absolute atomic E-state index is 3.76. The number of H-pyrrole nitrogens is 1. The smallest absolute Gasteiger partial charge is 0.0545 e. The molecule has 0 fully saturated rings. The van der Waals surface area contributed by atoms with Crippen molar-refractivity contribution in [2.24, 2.45) is 0 Å². The van der Waals surface area contributed by atoms with E-state index in [9.17, 15) is 0 Å². The molecule has 0 atom stereocenters. The van der Waals surface area contributed by atoms with Gasteiger partial charge in [0.15, 0.2) is 0 Å². The molecule has 0 spiro atoms. The molecule has 0 saturated heterocycles. The minimum atomic E-state index is 1.18. The Balaban J connectivity index is 1.56. The third-order valence-corrected chi connectivity index (χ3v) is 8.52. The molecule has 0 saturated carbocycles. The van der Waals surface area contributed by atoms with Crippen LogP contribution in [0.3, 0.4) is 0 Å². The van der Waals surface area contributed by atoms with Crippen LogP contribution in [0.4, 0.5) is 0 Å². The van der Waals surface area contributed by atoms with Gasteiger partial charge in [0.2, 0.25) is 0 Å². The molecule has 9 rings (SSSR count). The van der Waals surface area contributed by atoms with E-state index < -0.39 is 0 Å². The number of nitrogens with one attached hydrogen (secondary N) is 1. The largest absolute Gasteiger partial charge is 0.354 e. The number of para-hydroxylation sites is 1. The monoisotopic (exact) mass is 493 g/mol. The van der Waals surface area contributed by atoms with Crippen LogP contribution in [-0.2, 0) is 0 Å². The van der Waals surface area contributed by atoms with Crippen LogP contribution in [0.25, 0.3) is 87.9 Å². The van der Waals surface area contributed by atoms with Gasteiger partial charge in [-0.25, -0.2) is 0 Å². The Kier molecular flexibility index (Phi) is 4.11. The SMILES string of the molecule is c1ccc(-c2c3c(c(-c4ccccc4)c4ccccc24)-c2cc4c5ccccc5[nH]c4c4cccc-3c24)cc1. The highest BCUT2D eigenvalue weighted by atomic mass is 14.7. The van der Waals surface area contributed by atoms with E-state index in [2.05, 4.69) is 138 Å². The molecule has 1 heterocycles. The first-order valence-electron chi connectivity index (χ1n) is 13.5. The van der Waals surface area contributed by atoms with Gasteiger partial charge in [0.25, 0.3) is 0 Å². The van der Waals surface area contributed by atoms with Crippen LogP contribution in [0.1, 0.15) is 0 Å². The minimum absolute atomic E-state index is 1.18. The van der Waals surface area contributed by atoms with E-state index >= 15 is 0 Å². The normalized spacial score (nSPS) is 12.1. The molecule has 0 amide bonds. The maximum Gasteiger partial charge on any atom is 0.0545 e. The van der Waals surface area contributed by atoms with Gasteiger partial charge in [-0.15, -0.1) is 0 Å². The second-order valence-electron chi connectivity index (χ2n) is 10.5. The predicted octanol–water partition coefficient (Wildman–Crippen LogP) is 10.6. The summed E-state index contributed by atoms with van der Waals surface area (Å²) in [5.74, 6) is 0. The second kappa shape index (κ2) is 7.69. The van der Waals surface area contributed by atoms with E-state index in [4.69, 9.17) is 0 Å². The lowest BCUT2D eigenvalue weighted by Gasteiger charge is -2.20. The molecular weight excluding hydrogens is 470 g/mol. The van der Waals surface area contributed by atoms with Gasteiger partial charge in [0, 0.05) is 21.7 Å². The van der Waals surface area contributed by atoms with E-state index in [1.165, 1.54) is 87.9 Å². The fourth-order valence-electron chi connectivity index (χ4n) is 6.99. The zero-order chi connectivity index (χ0) is 25.5. The Morgan fingerprint density at radius 2 is 0.897 bits per heavy atom. The first-order chi connectivity index (χ1) is 19.4. The Bertz CT molecular complexity index is 2250. The zero-order valence-corrected chi connectivity index (χ0v) is 21.2. The standard InChI is InChI=1S/C38H23N/c1-3-12-23(13-4-1)33-26-17-7-8-18-27(26)34(24-14-5-2-6-15-24)37-31-22-30-25-16-9-10-21-32(25)39-38(30)29-20-11-19-28(35(29)31)36(33)37/h1-22,39H. The van der Waals surface area contributed by atoms with Gasteiger partial charge in [-0.05, 0) is 72.8 Å². The Morgan fingerprint density at radius 1 is 0.359 bits per heavy atom. The predicted molar refractivity (Wildman–Crippen MR) is 166 cm³/mol. The molecule has 39 heavy (non-hydrogen) atoms. The van der Waals surface area contributed by atoms with E-state index in [0.717, 1.165) is 0 Å². The first kappa shape index (κ1) is 20.9. The molecule has 7 aromatic carbocycles. The van der Waals surface area contributed by atoms with Gasteiger partial charge in [0.1, 0.15) is 0 Å². The lowest BCUT2D eigenvalue weighted by Crippen LogP contribution is -1.93. The van der Waals surface area contributed by atoms with Crippen molar-refractivity contribution in [1.29, 1.82) is 0 Å². The molecule has 1 heteroatoms. The number of aromatic amines is 1. The number of rotatable bonds is 2. The summed E-state index contributed by atoms with van der Waals surface area (Å²) < 4.78 is 0. The summed E-state index contributed by atoms with van der Waals surface area (Å²) in [6, 6.07) is 48.8. The number of benzene rings is 7. The molecule has 1 N–H and O–H groups in total. The van der Waals surface area contributed by atoms with E-state index in [1.807, 2.05) is 0 Å². The van der Waals surface area contributed by atoms with Crippen molar-refractivity contribution in [3.8, 4) is 44.5 Å². The molecule has 8 aromatic rings. The summed E-state index contributed by atoms with van der Waals surface area (Å²) in [7, 11) is 0. The molecule has 1 aliphatic carbocycles. The van der Waals surface area contributed by atoms with Gasteiger partial charge >= 0.3 is 0 Å². The van der Waals surface area contributed by atoms with E-state index in [1.54, 1.807) is 0 Å². The Morgan fingerprint density at radius 3 is 1.56 bits per heavy atom. The molecule has 1 aliphatic rings. The highest BCUT2D eigenvalue weighted by Crippen LogP contribution is 2.58. The van der Waals surface area contributed by atoms with Crippen molar-refractivity contribution >= 4 is 43.4 Å². The van der Waals surface area contributed by atoms with Crippen molar-refractivity contribution in [2.45, 2.75) is 0 Å². The first-order valence-corrected chi connectivity index (χ1v) is 13.5. The Labute approximate surface area is 226 Å². The summed E-state index contributed by atoms with van der Waals surface area (Å²) in [6.07, 6.45) is 0. The fraction of sp³-hybridized carbons (Fsp3) is 0. The van der Waals surface area contributed by atoms with Crippen molar-refractivity contribution in [3.05, 3.63) is 133 Å². The number of fused-ring (bicyclic) bond motifs is 8. The van der Waals surface area contributed by atoms with Crippen LogP contribution in [0.15, 0.2) is 133 Å². The molecule has 1 nitrogen and oxygen atoms in total. The van der Waals surface area contributed by atoms with Crippen LogP contribution < -0.4 is 0 Å². The topological polar surface area (TPSA) is 15.8 Å². The highest BCUT2D eigenvalue weighted by Gasteiger charge is 2.31. The Hall–Kier alpha value is -5.14. The van der Waals surface area contributed by atoms with Gasteiger partial charge in [0.05, 0.1) is 5.52 Å². The lowest BCUT2D eigenvalue weighted by molar-refractivity contribution is 1.56. The zero-order valence-electron chi connectivity index (χ0n) is 21.2. The highest BCUT2D eigenvalue weighted by molar-refractivity contribution is 6.32. The average molecular weight is 494 g/mol. The summed E-state index contributed by atoms with van der Waals surface area (Å²) in [6.45, 7) is 0. The lowest BCUT2D eigenvalue weighted by atomic mass is 9.82. The van der Waals surface area contributed by atoms with Crippen molar-refractivity contribution in [1.82, 2.24) is 4.98 Å². The van der Waals surface area contributed by atoms with Crippen LogP contribution >= 0.6 is 0 Å². The summed E-state index contributed by atoms with van der Waals surface area (Å²) >= 11 is 0. The van der Waals surface area contributed by atoms with Crippen LogP contribution in [0.5, 0.6) is 0 Å².